The summed E-state index contributed by atoms with van der Waals surface area (Å²) in [5.41, 5.74) is 1.55. The van der Waals surface area contributed by atoms with Gasteiger partial charge in [0.2, 0.25) is 5.91 Å². The van der Waals surface area contributed by atoms with Crippen molar-refractivity contribution >= 4 is 44.5 Å². The number of hydrogen-bond donors (Lipinski definition) is 1. The number of fused-ring (bicyclic) bond motifs is 1. The van der Waals surface area contributed by atoms with Crippen LogP contribution in [0, 0.1) is 0 Å². The molecule has 0 bridgehead atoms. The Balaban J connectivity index is 1.39. The van der Waals surface area contributed by atoms with E-state index in [1.165, 1.54) is 30.9 Å². The van der Waals surface area contributed by atoms with Gasteiger partial charge in [0.1, 0.15) is 16.1 Å². The molecule has 0 radical (unpaired) electrons. The number of para-hydroxylation sites is 1. The first kappa shape index (κ1) is 20.7. The maximum atomic E-state index is 12.4. The number of thiazole rings is 1. The molecule has 1 aromatic carbocycles. The zero-order chi connectivity index (χ0) is 20.9. The molecular formula is C20H23N5O3S2. The van der Waals surface area contributed by atoms with E-state index in [1.54, 1.807) is 25.6 Å². The molecule has 3 heterocycles. The fraction of sp³-hybridized carbons (Fsp3) is 0.400. The van der Waals surface area contributed by atoms with Gasteiger partial charge in [0, 0.05) is 25.2 Å². The molecule has 1 aliphatic heterocycles. The van der Waals surface area contributed by atoms with E-state index in [0.717, 1.165) is 33.5 Å². The van der Waals surface area contributed by atoms with Crippen LogP contribution in [0.4, 0.5) is 5.13 Å². The van der Waals surface area contributed by atoms with Crippen LogP contribution < -0.4 is 19.7 Å². The van der Waals surface area contributed by atoms with Gasteiger partial charge in [-0.05, 0) is 18.9 Å². The topological polar surface area (TPSA) is 89.5 Å². The molecule has 1 aliphatic rings. The number of anilines is 1. The van der Waals surface area contributed by atoms with E-state index in [0.29, 0.717) is 23.7 Å². The molecular weight excluding hydrogens is 422 g/mol. The second-order valence-corrected chi connectivity index (χ2v) is 8.68. The van der Waals surface area contributed by atoms with Crippen LogP contribution in [0.2, 0.25) is 0 Å². The average Bonchev–Trinajstić information content (AvgIpc) is 3.45. The summed E-state index contributed by atoms with van der Waals surface area (Å²) in [7, 11) is 3.18. The lowest BCUT2D eigenvalue weighted by atomic mass is 10.2. The van der Waals surface area contributed by atoms with Gasteiger partial charge in [0.15, 0.2) is 22.3 Å². The summed E-state index contributed by atoms with van der Waals surface area (Å²) in [5.74, 6) is 1.45. The van der Waals surface area contributed by atoms with Gasteiger partial charge in [-0.3, -0.25) is 4.79 Å². The number of nitrogens with one attached hydrogen (secondary N) is 1. The zero-order valence-electron chi connectivity index (χ0n) is 16.9. The van der Waals surface area contributed by atoms with E-state index in [2.05, 4.69) is 25.2 Å². The van der Waals surface area contributed by atoms with Crippen LogP contribution in [0.15, 0.2) is 29.6 Å². The van der Waals surface area contributed by atoms with Crippen molar-refractivity contribution in [2.45, 2.75) is 24.4 Å². The molecule has 2 aromatic heterocycles. The molecule has 30 heavy (non-hydrogen) atoms. The Labute approximate surface area is 183 Å². The molecule has 0 aliphatic carbocycles. The molecule has 8 nitrogen and oxygen atoms in total. The van der Waals surface area contributed by atoms with Gasteiger partial charge < -0.3 is 19.7 Å². The summed E-state index contributed by atoms with van der Waals surface area (Å²) in [6.45, 7) is 2.43. The third-order valence-electron chi connectivity index (χ3n) is 4.82. The van der Waals surface area contributed by atoms with Crippen LogP contribution in [0.3, 0.4) is 0 Å². The number of ether oxygens (including phenoxy) is 2. The monoisotopic (exact) mass is 445 g/mol. The van der Waals surface area contributed by atoms with Crippen molar-refractivity contribution in [3.8, 4) is 11.5 Å². The molecule has 1 fully saturated rings. The predicted molar refractivity (Wildman–Crippen MR) is 119 cm³/mol. The van der Waals surface area contributed by atoms with E-state index >= 15 is 0 Å². The fourth-order valence-corrected chi connectivity index (χ4v) is 5.31. The summed E-state index contributed by atoms with van der Waals surface area (Å²) in [6, 6.07) is 5.60. The van der Waals surface area contributed by atoms with Crippen molar-refractivity contribution in [3.63, 3.8) is 0 Å². The Morgan fingerprint density at radius 3 is 2.83 bits per heavy atom. The number of carbonyl (C=O) groups excluding carboxylic acids is 1. The highest BCUT2D eigenvalue weighted by Gasteiger charge is 2.19. The fourth-order valence-electron chi connectivity index (χ4n) is 3.34. The molecule has 158 valence electrons. The number of benzene rings is 1. The number of thioether (sulfide) groups is 1. The highest BCUT2D eigenvalue weighted by atomic mass is 32.2. The number of hydrogen-bond acceptors (Lipinski definition) is 9. The molecule has 1 amide bonds. The summed E-state index contributed by atoms with van der Waals surface area (Å²) in [5, 5.41) is 4.71. The van der Waals surface area contributed by atoms with Gasteiger partial charge in [-0.2, -0.15) is 4.98 Å². The van der Waals surface area contributed by atoms with Crippen LogP contribution in [-0.2, 0) is 11.3 Å². The summed E-state index contributed by atoms with van der Waals surface area (Å²) < 4.78 is 11.7. The SMILES string of the molecule is COc1cccc(CNC(=O)CSc2ncnc3nc(N4CCCC4)sc23)c1OC. The van der Waals surface area contributed by atoms with Crippen LogP contribution in [0.25, 0.3) is 10.3 Å². The molecule has 10 heteroatoms. The lowest BCUT2D eigenvalue weighted by Crippen LogP contribution is -2.24. The molecule has 0 spiro atoms. The molecule has 1 saturated heterocycles. The van der Waals surface area contributed by atoms with E-state index < -0.39 is 0 Å². The van der Waals surface area contributed by atoms with Gasteiger partial charge in [-0.1, -0.05) is 35.2 Å². The average molecular weight is 446 g/mol. The van der Waals surface area contributed by atoms with E-state index in [1.807, 2.05) is 18.2 Å². The number of aromatic nitrogens is 3. The van der Waals surface area contributed by atoms with Gasteiger partial charge in [0.05, 0.1) is 20.0 Å². The number of carbonyl (C=O) groups is 1. The van der Waals surface area contributed by atoms with E-state index in [-0.39, 0.29) is 11.7 Å². The first-order valence-electron chi connectivity index (χ1n) is 9.65. The van der Waals surface area contributed by atoms with Crippen molar-refractivity contribution in [2.75, 3.05) is 38.0 Å². The van der Waals surface area contributed by atoms with Crippen molar-refractivity contribution in [1.82, 2.24) is 20.3 Å². The third-order valence-corrected chi connectivity index (χ3v) is 7.06. The Morgan fingerprint density at radius 2 is 2.07 bits per heavy atom. The first-order chi connectivity index (χ1) is 14.7. The second-order valence-electron chi connectivity index (χ2n) is 6.74. The Morgan fingerprint density at radius 1 is 1.23 bits per heavy atom. The molecule has 1 N–H and O–H groups in total. The first-order valence-corrected chi connectivity index (χ1v) is 11.5. The lowest BCUT2D eigenvalue weighted by Gasteiger charge is -2.13. The summed E-state index contributed by atoms with van der Waals surface area (Å²) in [6.07, 6.45) is 3.90. The van der Waals surface area contributed by atoms with E-state index in [4.69, 9.17) is 9.47 Å². The predicted octanol–water partition coefficient (Wildman–Crippen LogP) is 3.11. The molecule has 0 unspecified atom stereocenters. The molecule has 4 rings (SSSR count). The largest absolute Gasteiger partial charge is 0.493 e. The van der Waals surface area contributed by atoms with Crippen LogP contribution in [0.5, 0.6) is 11.5 Å². The maximum absolute atomic E-state index is 12.4. The van der Waals surface area contributed by atoms with Gasteiger partial charge in [0.25, 0.3) is 0 Å². The number of amides is 1. The van der Waals surface area contributed by atoms with Crippen molar-refractivity contribution in [3.05, 3.63) is 30.1 Å². The van der Waals surface area contributed by atoms with Crippen LogP contribution >= 0.6 is 23.1 Å². The van der Waals surface area contributed by atoms with Crippen molar-refractivity contribution in [2.24, 2.45) is 0 Å². The summed E-state index contributed by atoms with van der Waals surface area (Å²) >= 11 is 3.00. The van der Waals surface area contributed by atoms with Gasteiger partial charge in [-0.15, -0.1) is 0 Å². The zero-order valence-corrected chi connectivity index (χ0v) is 18.5. The smallest absolute Gasteiger partial charge is 0.230 e. The second kappa shape index (κ2) is 9.48. The van der Waals surface area contributed by atoms with Crippen LogP contribution in [-0.4, -0.2) is 53.9 Å². The summed E-state index contributed by atoms with van der Waals surface area (Å²) in [4.78, 5) is 28.0. The molecule has 3 aromatic rings. The highest BCUT2D eigenvalue weighted by molar-refractivity contribution is 8.00. The molecule has 0 atom stereocenters. The number of methoxy groups -OCH3 is 2. The minimum Gasteiger partial charge on any atom is -0.493 e. The quantitative estimate of drug-likeness (QED) is 0.418. The Bertz CT molecular complexity index is 1040. The van der Waals surface area contributed by atoms with Crippen molar-refractivity contribution in [1.29, 1.82) is 0 Å². The van der Waals surface area contributed by atoms with E-state index in [9.17, 15) is 4.79 Å². The Hall–Kier alpha value is -2.59. The maximum Gasteiger partial charge on any atom is 0.230 e. The normalized spacial score (nSPS) is 13.6. The minimum absolute atomic E-state index is 0.0825. The van der Waals surface area contributed by atoms with Crippen LogP contribution in [0.1, 0.15) is 18.4 Å². The minimum atomic E-state index is -0.0825. The lowest BCUT2D eigenvalue weighted by molar-refractivity contribution is -0.118. The van der Waals surface area contributed by atoms with Gasteiger partial charge >= 0.3 is 0 Å². The van der Waals surface area contributed by atoms with Gasteiger partial charge in [-0.25, -0.2) is 9.97 Å². The number of rotatable bonds is 8. The molecule has 0 saturated carbocycles. The highest BCUT2D eigenvalue weighted by Crippen LogP contribution is 2.35. The Kier molecular flexibility index (Phi) is 6.53. The number of nitrogens with zero attached hydrogens (tertiary/aromatic N) is 4. The standard InChI is InChI=1S/C20H23N5O3S2/c1-27-14-7-5-6-13(16(14)28-2)10-21-15(26)11-29-19-17-18(22-12-23-19)24-20(30-17)25-8-3-4-9-25/h5-7,12H,3-4,8-11H2,1-2H3,(H,21,26). The van der Waals surface area contributed by atoms with Crippen molar-refractivity contribution < 1.29 is 14.3 Å². The third kappa shape index (κ3) is 4.44.